The zero-order valence-corrected chi connectivity index (χ0v) is 18.2. The van der Waals surface area contributed by atoms with Gasteiger partial charge in [-0.3, -0.25) is 14.5 Å². The van der Waals surface area contributed by atoms with Gasteiger partial charge in [-0.05, 0) is 31.0 Å². The summed E-state index contributed by atoms with van der Waals surface area (Å²) in [6.07, 6.45) is 3.83. The lowest BCUT2D eigenvalue weighted by Gasteiger charge is -2.36. The highest BCUT2D eigenvalue weighted by Gasteiger charge is 2.24. The number of aromatic amines is 1. The van der Waals surface area contributed by atoms with Gasteiger partial charge in [0.2, 0.25) is 0 Å². The Morgan fingerprint density at radius 3 is 2.66 bits per heavy atom. The molecule has 1 saturated carbocycles. The molecule has 0 bridgehead atoms. The Balaban J connectivity index is 1.21. The van der Waals surface area contributed by atoms with E-state index in [1.54, 1.807) is 24.4 Å². The van der Waals surface area contributed by atoms with Crippen molar-refractivity contribution in [3.8, 4) is 0 Å². The van der Waals surface area contributed by atoms with Gasteiger partial charge in [-0.15, -0.1) is 0 Å². The summed E-state index contributed by atoms with van der Waals surface area (Å²) in [5.74, 6) is -0.534. The molecule has 1 aliphatic carbocycles. The van der Waals surface area contributed by atoms with E-state index >= 15 is 0 Å². The van der Waals surface area contributed by atoms with Crippen LogP contribution < -0.4 is 15.8 Å². The molecular formula is C23H23ClFN5O2. The van der Waals surface area contributed by atoms with Crippen molar-refractivity contribution in [2.75, 3.05) is 31.1 Å². The molecule has 7 nitrogen and oxygen atoms in total. The molecule has 0 radical (unpaired) electrons. The van der Waals surface area contributed by atoms with Crippen LogP contribution in [0, 0.1) is 5.82 Å². The van der Waals surface area contributed by atoms with Gasteiger partial charge in [0.05, 0.1) is 17.4 Å². The summed E-state index contributed by atoms with van der Waals surface area (Å²) in [5.41, 5.74) is 1.64. The first-order valence-corrected chi connectivity index (χ1v) is 11.1. The molecule has 1 aromatic carbocycles. The van der Waals surface area contributed by atoms with Gasteiger partial charge >= 0.3 is 0 Å². The second-order valence-electron chi connectivity index (χ2n) is 8.36. The van der Waals surface area contributed by atoms with Gasteiger partial charge in [-0.25, -0.2) is 9.37 Å². The van der Waals surface area contributed by atoms with Gasteiger partial charge in [0.1, 0.15) is 10.7 Å². The largest absolute Gasteiger partial charge is 0.368 e. The summed E-state index contributed by atoms with van der Waals surface area (Å²) in [6, 6.07) is 9.00. The fourth-order valence-electron chi connectivity index (χ4n) is 3.98. The van der Waals surface area contributed by atoms with Crippen LogP contribution >= 0.6 is 11.6 Å². The van der Waals surface area contributed by atoms with Gasteiger partial charge in [0, 0.05) is 49.7 Å². The monoisotopic (exact) mass is 455 g/mol. The summed E-state index contributed by atoms with van der Waals surface area (Å²) in [7, 11) is 0. The Bertz CT molecular complexity index is 1220. The van der Waals surface area contributed by atoms with Gasteiger partial charge in [0.15, 0.2) is 5.82 Å². The van der Waals surface area contributed by atoms with Crippen LogP contribution in [0.25, 0.3) is 10.9 Å². The minimum Gasteiger partial charge on any atom is -0.368 e. The molecule has 3 aromatic rings. The van der Waals surface area contributed by atoms with Crippen LogP contribution in [0.2, 0.25) is 5.02 Å². The molecule has 2 aliphatic rings. The predicted molar refractivity (Wildman–Crippen MR) is 122 cm³/mol. The molecule has 9 heteroatoms. The van der Waals surface area contributed by atoms with Crippen LogP contribution in [-0.2, 0) is 6.54 Å². The number of anilines is 1. The Kier molecular flexibility index (Phi) is 5.57. The third-order valence-corrected chi connectivity index (χ3v) is 6.30. The van der Waals surface area contributed by atoms with E-state index in [1.807, 2.05) is 6.07 Å². The van der Waals surface area contributed by atoms with E-state index in [0.29, 0.717) is 29.2 Å². The maximum absolute atomic E-state index is 15.0. The highest BCUT2D eigenvalue weighted by Crippen LogP contribution is 2.23. The average Bonchev–Trinajstić information content (AvgIpc) is 3.62. The number of nitrogens with one attached hydrogen (secondary N) is 2. The average molecular weight is 456 g/mol. The van der Waals surface area contributed by atoms with Crippen LogP contribution in [0.1, 0.15) is 28.9 Å². The molecule has 2 N–H and O–H groups in total. The third-order valence-electron chi connectivity index (χ3n) is 6.02. The van der Waals surface area contributed by atoms with Crippen molar-refractivity contribution < 1.29 is 9.18 Å². The van der Waals surface area contributed by atoms with Crippen molar-refractivity contribution in [2.24, 2.45) is 0 Å². The standard InChI is InChI=1S/C23H23ClFN5O2/c24-18-11-14-1-2-15(20(25)21(14)28-22(18)31)13-29-7-9-30(10-8-29)17-5-6-19(26-12-17)23(32)27-16-3-4-16/h1-2,5-6,11-12,16H,3-4,7-10,13H2,(H,27,32)(H,28,31). The third kappa shape index (κ3) is 4.33. The van der Waals surface area contributed by atoms with Crippen LogP contribution in [0.5, 0.6) is 0 Å². The Morgan fingerprint density at radius 1 is 1.19 bits per heavy atom. The number of benzene rings is 1. The molecule has 0 spiro atoms. The molecule has 2 fully saturated rings. The van der Waals surface area contributed by atoms with Crippen molar-refractivity contribution in [1.82, 2.24) is 20.2 Å². The predicted octanol–water partition coefficient (Wildman–Crippen LogP) is 2.93. The van der Waals surface area contributed by atoms with Crippen LogP contribution in [-0.4, -0.2) is 53.0 Å². The number of piperazine rings is 1. The molecule has 0 atom stereocenters. The number of pyridine rings is 2. The second-order valence-corrected chi connectivity index (χ2v) is 8.77. The summed E-state index contributed by atoms with van der Waals surface area (Å²) < 4.78 is 15.0. The minimum absolute atomic E-state index is 0.0480. The van der Waals surface area contributed by atoms with Crippen molar-refractivity contribution in [3.05, 3.63) is 69.0 Å². The first-order valence-electron chi connectivity index (χ1n) is 10.7. The van der Waals surface area contributed by atoms with E-state index in [4.69, 9.17) is 11.6 Å². The molecule has 3 heterocycles. The number of fused-ring (bicyclic) bond motifs is 1. The highest BCUT2D eigenvalue weighted by atomic mass is 35.5. The number of hydrogen-bond acceptors (Lipinski definition) is 5. The topological polar surface area (TPSA) is 81.3 Å². The lowest BCUT2D eigenvalue weighted by Crippen LogP contribution is -2.46. The molecule has 0 unspecified atom stereocenters. The van der Waals surface area contributed by atoms with Gasteiger partial charge in [-0.2, -0.15) is 0 Å². The van der Waals surface area contributed by atoms with Crippen LogP contribution in [0.3, 0.4) is 0 Å². The number of rotatable bonds is 5. The zero-order chi connectivity index (χ0) is 22.2. The molecule has 166 valence electrons. The van der Waals surface area contributed by atoms with E-state index in [2.05, 4.69) is 25.1 Å². The molecule has 1 saturated heterocycles. The second kappa shape index (κ2) is 8.52. The van der Waals surface area contributed by atoms with Gasteiger partial charge in [0.25, 0.3) is 11.5 Å². The number of amides is 1. The first-order chi connectivity index (χ1) is 15.5. The number of H-pyrrole nitrogens is 1. The Labute approximate surface area is 189 Å². The number of halogens is 2. The number of carbonyl (C=O) groups is 1. The quantitative estimate of drug-likeness (QED) is 0.618. The van der Waals surface area contributed by atoms with Crippen LogP contribution in [0.15, 0.2) is 41.3 Å². The van der Waals surface area contributed by atoms with Crippen LogP contribution in [0.4, 0.5) is 10.1 Å². The number of aromatic nitrogens is 2. The highest BCUT2D eigenvalue weighted by molar-refractivity contribution is 6.31. The van der Waals surface area contributed by atoms with Crippen molar-refractivity contribution in [2.45, 2.75) is 25.4 Å². The SMILES string of the molecule is O=C(NC1CC1)c1ccc(N2CCN(Cc3ccc4cc(Cl)c(=O)[nH]c4c3F)CC2)cn1. The maximum Gasteiger partial charge on any atom is 0.270 e. The van der Waals surface area contributed by atoms with Gasteiger partial charge < -0.3 is 15.2 Å². The Hall–Kier alpha value is -2.97. The van der Waals surface area contributed by atoms with Crippen molar-refractivity contribution >= 4 is 34.1 Å². The number of hydrogen-bond donors (Lipinski definition) is 2. The molecule has 32 heavy (non-hydrogen) atoms. The maximum atomic E-state index is 15.0. The van der Waals surface area contributed by atoms with E-state index < -0.39 is 11.4 Å². The first kappa shape index (κ1) is 20.9. The molecule has 5 rings (SSSR count). The molecular weight excluding hydrogens is 433 g/mol. The molecule has 1 amide bonds. The van der Waals surface area contributed by atoms with E-state index in [1.165, 1.54) is 6.07 Å². The summed E-state index contributed by atoms with van der Waals surface area (Å²) in [5, 5.41) is 3.56. The summed E-state index contributed by atoms with van der Waals surface area (Å²) in [6.45, 7) is 3.53. The summed E-state index contributed by atoms with van der Waals surface area (Å²) >= 11 is 5.84. The van der Waals surface area contributed by atoms with E-state index in [9.17, 15) is 14.0 Å². The molecule has 2 aromatic heterocycles. The van der Waals surface area contributed by atoms with Gasteiger partial charge in [-0.1, -0.05) is 23.7 Å². The molecule has 1 aliphatic heterocycles. The number of nitrogens with zero attached hydrogens (tertiary/aromatic N) is 3. The lowest BCUT2D eigenvalue weighted by atomic mass is 10.1. The summed E-state index contributed by atoms with van der Waals surface area (Å²) in [4.78, 5) is 35.1. The normalized spacial score (nSPS) is 17.0. The fourth-order valence-corrected chi connectivity index (χ4v) is 4.14. The smallest absolute Gasteiger partial charge is 0.270 e. The lowest BCUT2D eigenvalue weighted by molar-refractivity contribution is 0.0946. The van der Waals surface area contributed by atoms with Crippen molar-refractivity contribution in [1.29, 1.82) is 0 Å². The Morgan fingerprint density at radius 2 is 1.97 bits per heavy atom. The zero-order valence-electron chi connectivity index (χ0n) is 17.4. The number of carbonyl (C=O) groups excluding carboxylic acids is 1. The minimum atomic E-state index is -0.492. The van der Waals surface area contributed by atoms with Crippen molar-refractivity contribution in [3.63, 3.8) is 0 Å². The van der Waals surface area contributed by atoms with E-state index in [0.717, 1.165) is 44.7 Å². The van der Waals surface area contributed by atoms with E-state index in [-0.39, 0.29) is 16.4 Å². The fraction of sp³-hybridized carbons (Fsp3) is 0.348.